The van der Waals surface area contributed by atoms with Crippen LogP contribution in [0.4, 0.5) is 0 Å². The fourth-order valence-corrected chi connectivity index (χ4v) is 3.89. The van der Waals surface area contributed by atoms with Crippen LogP contribution in [0.2, 0.25) is 0 Å². The molecule has 1 fully saturated rings. The summed E-state index contributed by atoms with van der Waals surface area (Å²) in [4.78, 5) is 13.6. The first-order chi connectivity index (χ1) is 14.6. The van der Waals surface area contributed by atoms with Crippen LogP contribution in [0.3, 0.4) is 0 Å². The topological polar surface area (TPSA) is 61.1 Å². The lowest BCUT2D eigenvalue weighted by Crippen LogP contribution is -2.44. The summed E-state index contributed by atoms with van der Waals surface area (Å²) in [6.07, 6.45) is 2.67. The average molecular weight is 409 g/mol. The molecule has 2 heterocycles. The molecule has 6 heteroatoms. The second-order valence-corrected chi connectivity index (χ2v) is 7.60. The van der Waals surface area contributed by atoms with Crippen molar-refractivity contribution in [2.45, 2.75) is 25.5 Å². The molecule has 0 bridgehead atoms. The molecule has 1 aliphatic rings. The maximum absolute atomic E-state index is 11.2. The van der Waals surface area contributed by atoms with Gasteiger partial charge in [0.25, 0.3) is 0 Å². The van der Waals surface area contributed by atoms with Crippen molar-refractivity contribution in [3.63, 3.8) is 0 Å². The number of nitrogens with zero attached hydrogens (tertiary/aromatic N) is 1. The van der Waals surface area contributed by atoms with Gasteiger partial charge in [-0.2, -0.15) is 0 Å². The number of rotatable bonds is 7. The van der Waals surface area contributed by atoms with E-state index >= 15 is 0 Å². The summed E-state index contributed by atoms with van der Waals surface area (Å²) in [5, 5.41) is 2.23. The van der Waals surface area contributed by atoms with Crippen LogP contribution in [0.5, 0.6) is 5.75 Å². The molecular weight excluding hydrogens is 382 g/mol. The van der Waals surface area contributed by atoms with Crippen LogP contribution in [0, 0.1) is 0 Å². The highest BCUT2D eigenvalue weighted by Gasteiger charge is 2.28. The Labute approximate surface area is 176 Å². The van der Waals surface area contributed by atoms with Gasteiger partial charge in [-0.05, 0) is 31.0 Å². The number of hydrogen-bond acceptors (Lipinski definition) is 6. The number of methoxy groups -OCH3 is 1. The van der Waals surface area contributed by atoms with E-state index in [1.165, 1.54) is 12.7 Å². The van der Waals surface area contributed by atoms with Crippen molar-refractivity contribution in [3.05, 3.63) is 66.1 Å². The Morgan fingerprint density at radius 2 is 2.00 bits per heavy atom. The normalized spacial score (nSPS) is 18.3. The maximum Gasteiger partial charge on any atom is 0.343 e. The summed E-state index contributed by atoms with van der Waals surface area (Å²) in [6, 6.07) is 16.4. The molecule has 6 nitrogen and oxygen atoms in total. The molecule has 0 aliphatic carbocycles. The summed E-state index contributed by atoms with van der Waals surface area (Å²) in [7, 11) is 1.35. The van der Waals surface area contributed by atoms with Crippen LogP contribution in [0.25, 0.3) is 10.8 Å². The smallest absolute Gasteiger partial charge is 0.343 e. The van der Waals surface area contributed by atoms with Gasteiger partial charge in [0.05, 0.1) is 20.0 Å². The van der Waals surface area contributed by atoms with Gasteiger partial charge in [0.1, 0.15) is 17.6 Å². The van der Waals surface area contributed by atoms with Gasteiger partial charge in [0.2, 0.25) is 0 Å². The Hall–Kier alpha value is -2.83. The van der Waals surface area contributed by atoms with E-state index in [4.69, 9.17) is 13.9 Å². The van der Waals surface area contributed by atoms with Gasteiger partial charge in [-0.25, -0.2) is 4.79 Å². The molecule has 1 aliphatic heterocycles. The third-order valence-electron chi connectivity index (χ3n) is 5.59. The van der Waals surface area contributed by atoms with Gasteiger partial charge in [0.15, 0.2) is 6.61 Å². The van der Waals surface area contributed by atoms with Gasteiger partial charge in [-0.3, -0.25) is 4.90 Å². The number of ether oxygens (including phenoxy) is 3. The van der Waals surface area contributed by atoms with Gasteiger partial charge < -0.3 is 18.6 Å². The predicted octanol–water partition coefficient (Wildman–Crippen LogP) is 3.99. The molecule has 0 radical (unpaired) electrons. The fraction of sp³-hybridized carbons (Fsp3) is 0.375. The number of morpholine rings is 1. The Morgan fingerprint density at radius 3 is 2.80 bits per heavy atom. The molecule has 0 N–H and O–H groups in total. The van der Waals surface area contributed by atoms with E-state index in [0.717, 1.165) is 36.0 Å². The van der Waals surface area contributed by atoms with E-state index in [2.05, 4.69) is 28.7 Å². The van der Waals surface area contributed by atoms with Gasteiger partial charge in [-0.15, -0.1) is 0 Å². The molecule has 0 amide bonds. The highest BCUT2D eigenvalue weighted by atomic mass is 16.6. The second-order valence-electron chi connectivity index (χ2n) is 7.60. The van der Waals surface area contributed by atoms with E-state index in [0.29, 0.717) is 18.4 Å². The van der Waals surface area contributed by atoms with E-state index in [9.17, 15) is 4.79 Å². The summed E-state index contributed by atoms with van der Waals surface area (Å²) in [6.45, 7) is 4.55. The quantitative estimate of drug-likeness (QED) is 0.550. The zero-order chi connectivity index (χ0) is 20.9. The van der Waals surface area contributed by atoms with Crippen LogP contribution >= 0.6 is 0 Å². The molecule has 30 heavy (non-hydrogen) atoms. The molecule has 1 aromatic heterocycles. The van der Waals surface area contributed by atoms with Crippen molar-refractivity contribution in [2.24, 2.45) is 0 Å². The van der Waals surface area contributed by atoms with Crippen LogP contribution in [-0.4, -0.2) is 50.3 Å². The zero-order valence-corrected chi connectivity index (χ0v) is 17.4. The Balaban J connectivity index is 1.36. The lowest BCUT2D eigenvalue weighted by molar-refractivity contribution is -0.142. The molecular formula is C24H27NO5. The number of hydrogen-bond donors (Lipinski definition) is 0. The van der Waals surface area contributed by atoms with Gasteiger partial charge in [-0.1, -0.05) is 36.4 Å². The number of carbonyl (C=O) groups excluding carboxylic acids is 1. The van der Waals surface area contributed by atoms with Crippen LogP contribution in [0.1, 0.15) is 24.4 Å². The highest BCUT2D eigenvalue weighted by molar-refractivity contribution is 5.84. The number of fused-ring (bicyclic) bond motifs is 1. The lowest BCUT2D eigenvalue weighted by Gasteiger charge is -2.36. The third kappa shape index (κ3) is 4.66. The maximum atomic E-state index is 11.2. The molecule has 2 aromatic carbocycles. The van der Waals surface area contributed by atoms with Crippen LogP contribution in [0.15, 0.2) is 59.2 Å². The van der Waals surface area contributed by atoms with Crippen molar-refractivity contribution >= 4 is 16.7 Å². The largest absolute Gasteiger partial charge is 0.482 e. The predicted molar refractivity (Wildman–Crippen MR) is 114 cm³/mol. The number of carbonyl (C=O) groups is 1. The van der Waals surface area contributed by atoms with E-state index in [-0.39, 0.29) is 18.7 Å². The summed E-state index contributed by atoms with van der Waals surface area (Å²) in [5.74, 6) is 1.18. The van der Waals surface area contributed by atoms with Crippen LogP contribution in [-0.2, 0) is 20.7 Å². The Morgan fingerprint density at radius 1 is 1.20 bits per heavy atom. The minimum Gasteiger partial charge on any atom is -0.482 e. The van der Waals surface area contributed by atoms with Crippen molar-refractivity contribution in [3.8, 4) is 5.75 Å². The Kier molecular flexibility index (Phi) is 6.35. The van der Waals surface area contributed by atoms with Gasteiger partial charge in [0, 0.05) is 29.9 Å². The van der Waals surface area contributed by atoms with E-state index in [1.54, 1.807) is 6.26 Å². The van der Waals surface area contributed by atoms with E-state index < -0.39 is 0 Å². The minimum absolute atomic E-state index is 0.0600. The first-order valence-corrected chi connectivity index (χ1v) is 10.2. The van der Waals surface area contributed by atoms with Gasteiger partial charge >= 0.3 is 5.97 Å². The summed E-state index contributed by atoms with van der Waals surface area (Å²) in [5.41, 5.74) is 1.22. The average Bonchev–Trinajstić information content (AvgIpc) is 3.22. The minimum atomic E-state index is -0.390. The highest BCUT2D eigenvalue weighted by Crippen LogP contribution is 2.31. The first-order valence-electron chi connectivity index (χ1n) is 10.2. The third-order valence-corrected chi connectivity index (χ3v) is 5.59. The van der Waals surface area contributed by atoms with Crippen LogP contribution < -0.4 is 4.74 Å². The molecule has 4 rings (SSSR count). The fourth-order valence-electron chi connectivity index (χ4n) is 3.89. The number of furan rings is 1. The number of esters is 1. The second kappa shape index (κ2) is 9.32. The molecule has 0 spiro atoms. The first kappa shape index (κ1) is 20.4. The molecule has 0 saturated carbocycles. The van der Waals surface area contributed by atoms with E-state index in [1.807, 2.05) is 36.4 Å². The van der Waals surface area contributed by atoms with Crippen molar-refractivity contribution in [2.75, 3.05) is 33.4 Å². The SMILES string of the molecule is COC(=O)COc1ccc(CC(C)N2CCOC(c3occ4ccccc34)C2)cc1. The molecule has 2 unspecified atom stereocenters. The van der Waals surface area contributed by atoms with Crippen molar-refractivity contribution in [1.29, 1.82) is 0 Å². The zero-order valence-electron chi connectivity index (χ0n) is 17.4. The lowest BCUT2D eigenvalue weighted by atomic mass is 10.0. The molecule has 158 valence electrons. The summed E-state index contributed by atoms with van der Waals surface area (Å²) < 4.78 is 21.9. The van der Waals surface area contributed by atoms with Crippen molar-refractivity contribution in [1.82, 2.24) is 4.90 Å². The molecule has 1 saturated heterocycles. The monoisotopic (exact) mass is 409 g/mol. The molecule has 2 atom stereocenters. The Bertz CT molecular complexity index is 981. The number of benzene rings is 2. The molecule has 3 aromatic rings. The summed E-state index contributed by atoms with van der Waals surface area (Å²) >= 11 is 0. The standard InChI is InChI=1S/C24H27NO5/c1-17(13-18-7-9-20(10-8-18)29-16-23(26)27-2)25-11-12-28-22(14-25)24-21-6-4-3-5-19(21)15-30-24/h3-10,15,17,22H,11-14,16H2,1-2H3. The van der Waals surface area contributed by atoms with Crippen molar-refractivity contribution < 1.29 is 23.4 Å².